The second-order valence-corrected chi connectivity index (χ2v) is 7.97. The standard InChI is InChI=1S/C22H21N3O2S/c1-27-20-10-6-5-9-17(20)18-11-21(26)25-14-24(13-16-7-3-2-4-8-16)15-28-22(25)19(18)12-23/h2-10,18H,11,13-15H2,1H3/p+1/t18-/m0/s1. The van der Waals surface area contributed by atoms with Gasteiger partial charge in [0.25, 0.3) is 0 Å². The van der Waals surface area contributed by atoms with Gasteiger partial charge >= 0.3 is 0 Å². The van der Waals surface area contributed by atoms with E-state index >= 15 is 0 Å². The quantitative estimate of drug-likeness (QED) is 0.869. The van der Waals surface area contributed by atoms with Crippen molar-refractivity contribution < 1.29 is 14.4 Å². The lowest BCUT2D eigenvalue weighted by Crippen LogP contribution is -3.12. The molecule has 142 valence electrons. The predicted octanol–water partition coefficient (Wildman–Crippen LogP) is 2.49. The van der Waals surface area contributed by atoms with Gasteiger partial charge in [0.05, 0.1) is 18.8 Å². The van der Waals surface area contributed by atoms with Crippen LogP contribution in [0, 0.1) is 11.3 Å². The van der Waals surface area contributed by atoms with Crippen molar-refractivity contribution in [1.29, 1.82) is 5.26 Å². The number of nitriles is 1. The summed E-state index contributed by atoms with van der Waals surface area (Å²) < 4.78 is 5.48. The minimum Gasteiger partial charge on any atom is -0.496 e. The Bertz CT molecular complexity index is 952. The summed E-state index contributed by atoms with van der Waals surface area (Å²) in [5, 5.41) is 10.7. The van der Waals surface area contributed by atoms with Gasteiger partial charge in [-0.15, -0.1) is 0 Å². The third kappa shape index (κ3) is 3.51. The molecule has 1 fully saturated rings. The fourth-order valence-corrected chi connectivity index (χ4v) is 5.09. The largest absolute Gasteiger partial charge is 0.496 e. The summed E-state index contributed by atoms with van der Waals surface area (Å²) in [6.45, 7) is 1.46. The fourth-order valence-electron chi connectivity index (χ4n) is 3.89. The van der Waals surface area contributed by atoms with Crippen LogP contribution in [0.2, 0.25) is 0 Å². The zero-order valence-electron chi connectivity index (χ0n) is 15.7. The number of methoxy groups -OCH3 is 1. The minimum absolute atomic E-state index is 0.0719. The number of allylic oxidation sites excluding steroid dienone is 1. The number of nitrogens with one attached hydrogen (secondary N) is 1. The van der Waals surface area contributed by atoms with Gasteiger partial charge in [0.1, 0.15) is 23.2 Å². The smallest absolute Gasteiger partial charge is 0.232 e. The fraction of sp³-hybridized carbons (Fsp3) is 0.273. The molecular formula is C22H22N3O2S+. The van der Waals surface area contributed by atoms with Gasteiger partial charge < -0.3 is 9.64 Å². The van der Waals surface area contributed by atoms with Crippen molar-refractivity contribution in [3.8, 4) is 11.8 Å². The summed E-state index contributed by atoms with van der Waals surface area (Å²) in [7, 11) is 1.62. The van der Waals surface area contributed by atoms with Crippen LogP contribution in [0.15, 0.2) is 65.2 Å². The van der Waals surface area contributed by atoms with Gasteiger partial charge in [-0.3, -0.25) is 9.69 Å². The number of benzene rings is 2. The van der Waals surface area contributed by atoms with Crippen molar-refractivity contribution in [2.24, 2.45) is 0 Å². The van der Waals surface area contributed by atoms with Gasteiger partial charge in [-0.1, -0.05) is 48.5 Å². The number of amides is 1. The second-order valence-electron chi connectivity index (χ2n) is 7.01. The number of carbonyl (C=O) groups excluding carboxylic acids is 1. The molecule has 0 spiro atoms. The zero-order valence-corrected chi connectivity index (χ0v) is 16.5. The Balaban J connectivity index is 1.62. The molecule has 0 radical (unpaired) electrons. The molecule has 2 heterocycles. The van der Waals surface area contributed by atoms with E-state index in [1.54, 1.807) is 23.8 Å². The molecule has 0 saturated carbocycles. The maximum absolute atomic E-state index is 13.0. The molecule has 5 nitrogen and oxygen atoms in total. The molecule has 6 heteroatoms. The van der Waals surface area contributed by atoms with Gasteiger partial charge in [0.15, 0.2) is 6.67 Å². The molecular weight excluding hydrogens is 370 g/mol. The highest BCUT2D eigenvalue weighted by Crippen LogP contribution is 2.43. The monoisotopic (exact) mass is 392 g/mol. The number of rotatable bonds is 4. The van der Waals surface area contributed by atoms with Gasteiger partial charge in [-0.05, 0) is 17.8 Å². The molecule has 1 amide bonds. The molecule has 2 aromatic carbocycles. The number of nitrogens with zero attached hydrogens (tertiary/aromatic N) is 2. The van der Waals surface area contributed by atoms with Crippen LogP contribution < -0.4 is 9.64 Å². The van der Waals surface area contributed by atoms with E-state index in [0.29, 0.717) is 18.7 Å². The number of carbonyl (C=O) groups is 1. The first-order valence-electron chi connectivity index (χ1n) is 9.29. The van der Waals surface area contributed by atoms with E-state index in [1.807, 2.05) is 42.5 Å². The maximum atomic E-state index is 13.0. The average molecular weight is 393 g/mol. The van der Waals surface area contributed by atoms with Crippen LogP contribution in [0.3, 0.4) is 0 Å². The van der Waals surface area contributed by atoms with Gasteiger partial charge in [0.2, 0.25) is 5.91 Å². The van der Waals surface area contributed by atoms with E-state index in [2.05, 4.69) is 18.2 Å². The first kappa shape index (κ1) is 18.6. The first-order valence-corrected chi connectivity index (χ1v) is 10.3. The van der Waals surface area contributed by atoms with Crippen molar-refractivity contribution >= 4 is 17.7 Å². The topological polar surface area (TPSA) is 57.8 Å². The predicted molar refractivity (Wildman–Crippen MR) is 108 cm³/mol. The highest BCUT2D eigenvalue weighted by Gasteiger charge is 2.40. The summed E-state index contributed by atoms with van der Waals surface area (Å²) >= 11 is 1.61. The van der Waals surface area contributed by atoms with E-state index in [-0.39, 0.29) is 11.8 Å². The van der Waals surface area contributed by atoms with Crippen LogP contribution in [0.25, 0.3) is 0 Å². The molecule has 28 heavy (non-hydrogen) atoms. The highest BCUT2D eigenvalue weighted by molar-refractivity contribution is 8.02. The summed E-state index contributed by atoms with van der Waals surface area (Å²) in [4.78, 5) is 16.1. The normalized spacial score (nSPS) is 21.9. The highest BCUT2D eigenvalue weighted by atomic mass is 32.2. The second kappa shape index (κ2) is 8.09. The number of fused-ring (bicyclic) bond motifs is 1. The number of para-hydroxylation sites is 1. The van der Waals surface area contributed by atoms with Crippen LogP contribution >= 0.6 is 11.8 Å². The van der Waals surface area contributed by atoms with Crippen molar-refractivity contribution in [2.45, 2.75) is 18.9 Å². The zero-order chi connectivity index (χ0) is 19.5. The Labute approximate surface area is 169 Å². The van der Waals surface area contributed by atoms with Crippen LogP contribution in [0.4, 0.5) is 0 Å². The number of ether oxygens (including phenoxy) is 1. The molecule has 2 aliphatic heterocycles. The van der Waals surface area contributed by atoms with E-state index in [1.165, 1.54) is 10.5 Å². The van der Waals surface area contributed by atoms with E-state index in [0.717, 1.165) is 28.8 Å². The molecule has 0 aromatic heterocycles. The Hall–Kier alpha value is -2.75. The van der Waals surface area contributed by atoms with Crippen LogP contribution in [-0.2, 0) is 11.3 Å². The van der Waals surface area contributed by atoms with Crippen molar-refractivity contribution in [2.75, 3.05) is 19.7 Å². The molecule has 2 aromatic rings. The SMILES string of the molecule is COc1ccccc1[C@@H]1CC(=O)N2C[NH+](Cc3ccccc3)CSC2=C1C#N. The van der Waals surface area contributed by atoms with Gasteiger partial charge in [-0.25, -0.2) is 0 Å². The van der Waals surface area contributed by atoms with Gasteiger partial charge in [0, 0.05) is 23.5 Å². The lowest BCUT2D eigenvalue weighted by Gasteiger charge is -2.39. The Kier molecular flexibility index (Phi) is 5.38. The number of hydrogen-bond donors (Lipinski definition) is 1. The third-order valence-corrected chi connectivity index (χ3v) is 6.50. The number of hydrogen-bond acceptors (Lipinski definition) is 4. The van der Waals surface area contributed by atoms with E-state index < -0.39 is 0 Å². The molecule has 0 aliphatic carbocycles. The summed E-state index contributed by atoms with van der Waals surface area (Å²) in [6.07, 6.45) is 0.298. The summed E-state index contributed by atoms with van der Waals surface area (Å²) in [5.74, 6) is 1.38. The maximum Gasteiger partial charge on any atom is 0.232 e. The summed E-state index contributed by atoms with van der Waals surface area (Å²) in [5.41, 5.74) is 2.83. The van der Waals surface area contributed by atoms with E-state index in [9.17, 15) is 10.1 Å². The molecule has 2 aliphatic rings. The lowest BCUT2D eigenvalue weighted by molar-refractivity contribution is -0.910. The number of quaternary nitrogens is 1. The molecule has 1 unspecified atom stereocenters. The Morgan fingerprint density at radius 1 is 1.21 bits per heavy atom. The van der Waals surface area contributed by atoms with Crippen molar-refractivity contribution in [3.63, 3.8) is 0 Å². The van der Waals surface area contributed by atoms with Crippen LogP contribution in [0.1, 0.15) is 23.5 Å². The van der Waals surface area contributed by atoms with Crippen LogP contribution in [0.5, 0.6) is 5.75 Å². The Morgan fingerprint density at radius 2 is 1.96 bits per heavy atom. The lowest BCUT2D eigenvalue weighted by atomic mass is 9.86. The van der Waals surface area contributed by atoms with Gasteiger partial charge in [-0.2, -0.15) is 5.26 Å². The molecule has 0 bridgehead atoms. The summed E-state index contributed by atoms with van der Waals surface area (Å²) in [6, 6.07) is 20.3. The van der Waals surface area contributed by atoms with Crippen molar-refractivity contribution in [3.05, 3.63) is 76.3 Å². The molecule has 4 rings (SSSR count). The first-order chi connectivity index (χ1) is 13.7. The Morgan fingerprint density at radius 3 is 2.71 bits per heavy atom. The molecule has 1 N–H and O–H groups in total. The third-order valence-electron chi connectivity index (χ3n) is 5.23. The number of thioether (sulfide) groups is 1. The average Bonchev–Trinajstić information content (AvgIpc) is 2.74. The van der Waals surface area contributed by atoms with Crippen LogP contribution in [-0.4, -0.2) is 30.5 Å². The van der Waals surface area contributed by atoms with Crippen molar-refractivity contribution in [1.82, 2.24) is 4.90 Å². The minimum atomic E-state index is -0.247. The van der Waals surface area contributed by atoms with E-state index in [4.69, 9.17) is 4.74 Å². The molecule has 1 saturated heterocycles. The molecule has 2 atom stereocenters.